The van der Waals surface area contributed by atoms with Gasteiger partial charge in [0.1, 0.15) is 6.04 Å². The van der Waals surface area contributed by atoms with Crippen LogP contribution in [-0.2, 0) is 4.79 Å². The molecule has 0 heterocycles. The number of hydrogen-bond acceptors (Lipinski definition) is 2. The SMILES string of the molecule is Cc1cc(F)c(F)c(C(C)[C@H](N)C(=O)O)c1Br. The molecule has 0 amide bonds. The molecule has 17 heavy (non-hydrogen) atoms. The molecule has 0 aliphatic carbocycles. The van der Waals surface area contributed by atoms with E-state index in [4.69, 9.17) is 10.8 Å². The van der Waals surface area contributed by atoms with Crippen molar-refractivity contribution in [2.24, 2.45) is 5.73 Å². The van der Waals surface area contributed by atoms with E-state index in [0.29, 0.717) is 10.0 Å². The Morgan fingerprint density at radius 2 is 2.06 bits per heavy atom. The lowest BCUT2D eigenvalue weighted by molar-refractivity contribution is -0.139. The van der Waals surface area contributed by atoms with E-state index in [-0.39, 0.29) is 5.56 Å². The predicted octanol–water partition coefficient (Wildman–Crippen LogP) is 2.55. The Morgan fingerprint density at radius 1 is 1.53 bits per heavy atom. The van der Waals surface area contributed by atoms with E-state index in [1.165, 1.54) is 6.92 Å². The molecule has 3 N–H and O–H groups in total. The molecule has 0 saturated carbocycles. The molecular formula is C11H12BrF2NO2. The molecule has 0 aliphatic rings. The number of carboxylic acid groups (broad SMARTS) is 1. The number of rotatable bonds is 3. The molecule has 3 nitrogen and oxygen atoms in total. The molecule has 0 fully saturated rings. The maximum Gasteiger partial charge on any atom is 0.321 e. The highest BCUT2D eigenvalue weighted by Crippen LogP contribution is 2.33. The van der Waals surface area contributed by atoms with Crippen LogP contribution in [0.2, 0.25) is 0 Å². The summed E-state index contributed by atoms with van der Waals surface area (Å²) in [6.45, 7) is 3.04. The minimum atomic E-state index is -1.29. The zero-order valence-corrected chi connectivity index (χ0v) is 10.9. The smallest absolute Gasteiger partial charge is 0.321 e. The summed E-state index contributed by atoms with van der Waals surface area (Å²) in [6, 6.07) is -0.246. The van der Waals surface area contributed by atoms with Crippen LogP contribution in [0.3, 0.4) is 0 Å². The second kappa shape index (κ2) is 5.10. The maximum absolute atomic E-state index is 13.7. The number of aryl methyl sites for hydroxylation is 1. The minimum absolute atomic E-state index is 0.0441. The van der Waals surface area contributed by atoms with Crippen LogP contribution in [0.4, 0.5) is 8.78 Å². The van der Waals surface area contributed by atoms with Gasteiger partial charge in [-0.15, -0.1) is 0 Å². The van der Waals surface area contributed by atoms with Gasteiger partial charge in [-0.3, -0.25) is 4.79 Å². The van der Waals surface area contributed by atoms with E-state index in [2.05, 4.69) is 15.9 Å². The van der Waals surface area contributed by atoms with Crippen molar-refractivity contribution in [2.45, 2.75) is 25.8 Å². The van der Waals surface area contributed by atoms with Gasteiger partial charge in [-0.1, -0.05) is 22.9 Å². The lowest BCUT2D eigenvalue weighted by Crippen LogP contribution is -2.36. The van der Waals surface area contributed by atoms with Crippen LogP contribution in [0.5, 0.6) is 0 Å². The Balaban J connectivity index is 3.35. The molecule has 0 spiro atoms. The van der Waals surface area contributed by atoms with Gasteiger partial charge >= 0.3 is 5.97 Å². The number of carbonyl (C=O) groups is 1. The molecule has 0 aromatic heterocycles. The summed E-state index contributed by atoms with van der Waals surface area (Å²) in [5.41, 5.74) is 5.87. The van der Waals surface area contributed by atoms with Gasteiger partial charge in [0.05, 0.1) is 0 Å². The summed E-state index contributed by atoms with van der Waals surface area (Å²) >= 11 is 3.13. The van der Waals surface area contributed by atoms with Gasteiger partial charge in [-0.25, -0.2) is 8.78 Å². The summed E-state index contributed by atoms with van der Waals surface area (Å²) < 4.78 is 27.3. The third kappa shape index (κ3) is 2.63. The van der Waals surface area contributed by atoms with Crippen LogP contribution in [0, 0.1) is 18.6 Å². The average Bonchev–Trinajstić information content (AvgIpc) is 2.25. The van der Waals surface area contributed by atoms with Crippen LogP contribution >= 0.6 is 15.9 Å². The normalized spacial score (nSPS) is 14.5. The van der Waals surface area contributed by atoms with Gasteiger partial charge in [0, 0.05) is 16.0 Å². The summed E-state index contributed by atoms with van der Waals surface area (Å²) in [5.74, 6) is -4.17. The quantitative estimate of drug-likeness (QED) is 0.844. The predicted molar refractivity (Wildman–Crippen MR) is 62.8 cm³/mol. The van der Waals surface area contributed by atoms with Crippen molar-refractivity contribution in [1.29, 1.82) is 0 Å². The van der Waals surface area contributed by atoms with Crippen molar-refractivity contribution in [3.8, 4) is 0 Å². The lowest BCUT2D eigenvalue weighted by Gasteiger charge is -2.20. The highest BCUT2D eigenvalue weighted by atomic mass is 79.9. The minimum Gasteiger partial charge on any atom is -0.480 e. The number of aliphatic carboxylic acids is 1. The Hall–Kier alpha value is -1.01. The van der Waals surface area contributed by atoms with Crippen LogP contribution in [0.25, 0.3) is 0 Å². The molecular weight excluding hydrogens is 296 g/mol. The first-order valence-electron chi connectivity index (χ1n) is 4.89. The van der Waals surface area contributed by atoms with E-state index >= 15 is 0 Å². The van der Waals surface area contributed by atoms with Gasteiger partial charge < -0.3 is 10.8 Å². The van der Waals surface area contributed by atoms with Gasteiger partial charge in [0.25, 0.3) is 0 Å². The highest BCUT2D eigenvalue weighted by Gasteiger charge is 2.28. The highest BCUT2D eigenvalue weighted by molar-refractivity contribution is 9.10. The van der Waals surface area contributed by atoms with Crippen LogP contribution in [0.1, 0.15) is 24.0 Å². The van der Waals surface area contributed by atoms with Crippen molar-refractivity contribution in [1.82, 2.24) is 0 Å². The topological polar surface area (TPSA) is 63.3 Å². The molecule has 0 bridgehead atoms. The van der Waals surface area contributed by atoms with E-state index < -0.39 is 29.6 Å². The van der Waals surface area contributed by atoms with Crippen molar-refractivity contribution in [3.05, 3.63) is 33.3 Å². The fourth-order valence-corrected chi connectivity index (χ4v) is 2.20. The molecule has 0 saturated heterocycles. The number of carboxylic acids is 1. The molecule has 0 aliphatic heterocycles. The largest absolute Gasteiger partial charge is 0.480 e. The third-order valence-corrected chi connectivity index (χ3v) is 3.70. The van der Waals surface area contributed by atoms with Crippen LogP contribution in [0.15, 0.2) is 10.5 Å². The first-order chi connectivity index (χ1) is 7.77. The average molecular weight is 308 g/mol. The maximum atomic E-state index is 13.7. The molecule has 0 radical (unpaired) electrons. The van der Waals surface area contributed by atoms with Gasteiger partial charge in [0.2, 0.25) is 0 Å². The second-order valence-corrected chi connectivity index (χ2v) is 4.66. The van der Waals surface area contributed by atoms with Crippen LogP contribution in [-0.4, -0.2) is 17.1 Å². The molecule has 1 aromatic carbocycles. The van der Waals surface area contributed by atoms with Gasteiger partial charge in [-0.05, 0) is 18.6 Å². The molecule has 6 heteroatoms. The summed E-state index contributed by atoms with van der Waals surface area (Å²) in [5, 5.41) is 8.78. The zero-order valence-electron chi connectivity index (χ0n) is 9.30. The standard InChI is InChI=1S/C11H12BrF2NO2/c1-4-3-6(13)9(14)7(8(4)12)5(2)10(15)11(16)17/h3,5,10H,15H2,1-2H3,(H,16,17)/t5?,10-/m0/s1. The molecule has 1 rings (SSSR count). The second-order valence-electron chi connectivity index (χ2n) is 3.87. The number of nitrogens with two attached hydrogens (primary N) is 1. The molecule has 2 atom stereocenters. The zero-order chi connectivity index (χ0) is 13.3. The fraction of sp³-hybridized carbons (Fsp3) is 0.364. The summed E-state index contributed by atoms with van der Waals surface area (Å²) in [4.78, 5) is 10.8. The number of benzene rings is 1. The van der Waals surface area contributed by atoms with Crippen molar-refractivity contribution < 1.29 is 18.7 Å². The lowest BCUT2D eigenvalue weighted by atomic mass is 9.92. The number of hydrogen-bond donors (Lipinski definition) is 2. The Kier molecular flexibility index (Phi) is 4.21. The van der Waals surface area contributed by atoms with Crippen molar-refractivity contribution in [3.63, 3.8) is 0 Å². The van der Waals surface area contributed by atoms with E-state index in [9.17, 15) is 13.6 Å². The molecule has 1 unspecified atom stereocenters. The van der Waals surface area contributed by atoms with Gasteiger partial charge in [0.15, 0.2) is 11.6 Å². The van der Waals surface area contributed by atoms with E-state index in [1.54, 1.807) is 6.92 Å². The summed E-state index contributed by atoms with van der Waals surface area (Å²) in [7, 11) is 0. The Morgan fingerprint density at radius 3 is 2.53 bits per heavy atom. The first kappa shape index (κ1) is 14.1. The van der Waals surface area contributed by atoms with Crippen molar-refractivity contribution in [2.75, 3.05) is 0 Å². The Labute approximate surface area is 106 Å². The summed E-state index contributed by atoms with van der Waals surface area (Å²) in [6.07, 6.45) is 0. The third-order valence-electron chi connectivity index (χ3n) is 2.65. The first-order valence-corrected chi connectivity index (χ1v) is 5.69. The van der Waals surface area contributed by atoms with Crippen molar-refractivity contribution >= 4 is 21.9 Å². The number of halogens is 3. The molecule has 1 aromatic rings. The van der Waals surface area contributed by atoms with Crippen LogP contribution < -0.4 is 5.73 Å². The van der Waals surface area contributed by atoms with E-state index in [1.807, 2.05) is 0 Å². The van der Waals surface area contributed by atoms with E-state index in [0.717, 1.165) is 6.07 Å². The monoisotopic (exact) mass is 307 g/mol. The molecule has 94 valence electrons. The Bertz CT molecular complexity index is 439. The fourth-order valence-electron chi connectivity index (χ4n) is 1.55. The van der Waals surface area contributed by atoms with Gasteiger partial charge in [-0.2, -0.15) is 0 Å².